The Morgan fingerprint density at radius 1 is 0.882 bits per heavy atom. The topological polar surface area (TPSA) is 21.7 Å². The fraction of sp³-hybridized carbons (Fsp3) is 0.310. The van der Waals surface area contributed by atoms with Crippen LogP contribution >= 0.6 is 11.6 Å². The van der Waals surface area contributed by atoms with Crippen molar-refractivity contribution in [3.63, 3.8) is 0 Å². The summed E-state index contributed by atoms with van der Waals surface area (Å²) in [5.41, 5.74) is 5.03. The van der Waals surface area contributed by atoms with Crippen LogP contribution in [0.15, 0.2) is 66.7 Å². The maximum absolute atomic E-state index is 14.0. The van der Waals surface area contributed by atoms with E-state index in [0.29, 0.717) is 11.6 Å². The summed E-state index contributed by atoms with van der Waals surface area (Å²) in [6.07, 6.45) is 3.91. The van der Waals surface area contributed by atoms with E-state index in [2.05, 4.69) is 17.0 Å². The van der Waals surface area contributed by atoms with Gasteiger partial charge in [-0.2, -0.15) is 0 Å². The Bertz CT molecular complexity index is 1120. The van der Waals surface area contributed by atoms with Crippen molar-refractivity contribution in [3.8, 4) is 11.5 Å². The van der Waals surface area contributed by atoms with E-state index in [1.165, 1.54) is 45.5 Å². The SMILES string of the molecule is COc1cc(/C(C)=C(\c2ccc(Cl)cc2)c2ccc(OCCN3CCCCC3)cc2)ccc1F. The number of likely N-dealkylation sites (tertiary alicyclic amines) is 1. The van der Waals surface area contributed by atoms with Crippen LogP contribution < -0.4 is 9.47 Å². The number of hydrogen-bond donors (Lipinski definition) is 0. The van der Waals surface area contributed by atoms with Gasteiger partial charge in [0.1, 0.15) is 12.4 Å². The third-order valence-corrected chi connectivity index (χ3v) is 6.61. The molecule has 1 fully saturated rings. The molecule has 178 valence electrons. The molecule has 0 saturated carbocycles. The Labute approximate surface area is 206 Å². The molecule has 4 rings (SSSR count). The van der Waals surface area contributed by atoms with Crippen LogP contribution in [0, 0.1) is 5.82 Å². The fourth-order valence-electron chi connectivity index (χ4n) is 4.45. The van der Waals surface area contributed by atoms with E-state index in [-0.39, 0.29) is 11.6 Å². The molecule has 5 heteroatoms. The van der Waals surface area contributed by atoms with Crippen molar-refractivity contribution in [2.45, 2.75) is 26.2 Å². The molecule has 0 bridgehead atoms. The van der Waals surface area contributed by atoms with Gasteiger partial charge in [0.15, 0.2) is 11.6 Å². The van der Waals surface area contributed by atoms with E-state index < -0.39 is 0 Å². The normalized spacial score (nSPS) is 15.1. The summed E-state index contributed by atoms with van der Waals surface area (Å²) in [6.45, 7) is 6.03. The average molecular weight is 480 g/mol. The zero-order valence-corrected chi connectivity index (χ0v) is 20.6. The van der Waals surface area contributed by atoms with Gasteiger partial charge >= 0.3 is 0 Å². The quantitative estimate of drug-likeness (QED) is 0.316. The van der Waals surface area contributed by atoms with E-state index in [9.17, 15) is 4.39 Å². The Balaban J connectivity index is 1.60. The minimum absolute atomic E-state index is 0.227. The van der Waals surface area contributed by atoms with Gasteiger partial charge in [0.25, 0.3) is 0 Å². The smallest absolute Gasteiger partial charge is 0.165 e. The van der Waals surface area contributed by atoms with Gasteiger partial charge in [-0.25, -0.2) is 4.39 Å². The van der Waals surface area contributed by atoms with Crippen molar-refractivity contribution in [2.75, 3.05) is 33.4 Å². The van der Waals surface area contributed by atoms with Crippen molar-refractivity contribution < 1.29 is 13.9 Å². The molecule has 3 aromatic carbocycles. The molecule has 3 nitrogen and oxygen atoms in total. The van der Waals surface area contributed by atoms with Crippen molar-refractivity contribution in [1.29, 1.82) is 0 Å². The van der Waals surface area contributed by atoms with Gasteiger partial charge in [0.05, 0.1) is 7.11 Å². The van der Waals surface area contributed by atoms with Gasteiger partial charge in [-0.3, -0.25) is 4.90 Å². The lowest BCUT2D eigenvalue weighted by Crippen LogP contribution is -2.33. The van der Waals surface area contributed by atoms with E-state index >= 15 is 0 Å². The van der Waals surface area contributed by atoms with Crippen LogP contribution in [0.2, 0.25) is 5.02 Å². The highest BCUT2D eigenvalue weighted by Crippen LogP contribution is 2.35. The highest BCUT2D eigenvalue weighted by Gasteiger charge is 2.14. The molecule has 1 heterocycles. The molecular formula is C29H31ClFNO2. The fourth-order valence-corrected chi connectivity index (χ4v) is 4.57. The Hall–Kier alpha value is -2.82. The molecule has 0 amide bonds. The molecule has 3 aromatic rings. The van der Waals surface area contributed by atoms with E-state index in [4.69, 9.17) is 21.1 Å². The molecule has 0 spiro atoms. The molecule has 34 heavy (non-hydrogen) atoms. The second-order valence-electron chi connectivity index (χ2n) is 8.63. The molecule has 1 aliphatic heterocycles. The molecule has 0 radical (unpaired) electrons. The first-order valence-corrected chi connectivity index (χ1v) is 12.2. The second-order valence-corrected chi connectivity index (χ2v) is 9.07. The Morgan fingerprint density at radius 2 is 1.50 bits per heavy atom. The zero-order valence-electron chi connectivity index (χ0n) is 19.8. The molecule has 0 N–H and O–H groups in total. The first kappa shape index (κ1) is 24.3. The van der Waals surface area contributed by atoms with E-state index in [1.807, 2.05) is 43.3 Å². The van der Waals surface area contributed by atoms with Gasteiger partial charge < -0.3 is 9.47 Å². The Morgan fingerprint density at radius 3 is 2.15 bits per heavy atom. The summed E-state index contributed by atoms with van der Waals surface area (Å²) in [4.78, 5) is 2.47. The number of piperidine rings is 1. The second kappa shape index (κ2) is 11.5. The average Bonchev–Trinajstić information content (AvgIpc) is 2.87. The summed E-state index contributed by atoms with van der Waals surface area (Å²) in [6, 6.07) is 20.9. The largest absolute Gasteiger partial charge is 0.494 e. The lowest BCUT2D eigenvalue weighted by Gasteiger charge is -2.26. The van der Waals surface area contributed by atoms with Gasteiger partial charge in [-0.15, -0.1) is 0 Å². The van der Waals surface area contributed by atoms with Crippen LogP contribution in [0.1, 0.15) is 42.9 Å². The summed E-state index contributed by atoms with van der Waals surface area (Å²) in [7, 11) is 1.48. The summed E-state index contributed by atoms with van der Waals surface area (Å²) < 4.78 is 25.2. The van der Waals surface area contributed by atoms with Gasteiger partial charge in [0, 0.05) is 11.6 Å². The minimum atomic E-state index is -0.377. The number of halogens is 2. The van der Waals surface area contributed by atoms with E-state index in [0.717, 1.165) is 40.1 Å². The maximum Gasteiger partial charge on any atom is 0.165 e. The first-order chi connectivity index (χ1) is 16.5. The minimum Gasteiger partial charge on any atom is -0.494 e. The number of benzene rings is 3. The summed E-state index contributed by atoms with van der Waals surface area (Å²) >= 11 is 6.15. The van der Waals surface area contributed by atoms with Crippen LogP contribution in [-0.4, -0.2) is 38.3 Å². The van der Waals surface area contributed by atoms with Crippen molar-refractivity contribution in [2.24, 2.45) is 0 Å². The zero-order chi connectivity index (χ0) is 23.9. The first-order valence-electron chi connectivity index (χ1n) is 11.8. The van der Waals surface area contributed by atoms with Gasteiger partial charge in [0.2, 0.25) is 0 Å². The molecule has 1 aliphatic rings. The number of ether oxygens (including phenoxy) is 2. The highest BCUT2D eigenvalue weighted by atomic mass is 35.5. The van der Waals surface area contributed by atoms with E-state index in [1.54, 1.807) is 12.1 Å². The standard InChI is InChI=1S/C29H31ClFNO2/c1-21(24-10-15-27(31)28(20-24)33-2)29(22-6-11-25(30)12-7-22)23-8-13-26(14-9-23)34-19-18-32-16-4-3-5-17-32/h6-15,20H,3-5,16-19H2,1-2H3/b29-21+. The molecule has 0 aliphatic carbocycles. The highest BCUT2D eigenvalue weighted by molar-refractivity contribution is 6.30. The monoisotopic (exact) mass is 479 g/mol. The third-order valence-electron chi connectivity index (χ3n) is 6.36. The molecule has 0 atom stereocenters. The van der Waals surface area contributed by atoms with Gasteiger partial charge in [-0.1, -0.05) is 48.4 Å². The van der Waals surface area contributed by atoms with Crippen LogP contribution in [0.3, 0.4) is 0 Å². The Kier molecular flexibility index (Phi) is 8.25. The molecule has 0 aromatic heterocycles. The van der Waals surface area contributed by atoms with Crippen LogP contribution in [0.25, 0.3) is 11.1 Å². The summed E-state index contributed by atoms with van der Waals surface area (Å²) in [5, 5.41) is 0.682. The lowest BCUT2D eigenvalue weighted by molar-refractivity contribution is 0.183. The predicted molar refractivity (Wildman–Crippen MR) is 138 cm³/mol. The van der Waals surface area contributed by atoms with Gasteiger partial charge in [-0.05, 0) is 97.1 Å². The summed E-state index contributed by atoms with van der Waals surface area (Å²) in [5.74, 6) is 0.709. The van der Waals surface area contributed by atoms with Crippen molar-refractivity contribution in [3.05, 3.63) is 94.3 Å². The molecule has 0 unspecified atom stereocenters. The van der Waals surface area contributed by atoms with Crippen LogP contribution in [-0.2, 0) is 0 Å². The third kappa shape index (κ3) is 5.99. The van der Waals surface area contributed by atoms with Crippen LogP contribution in [0.4, 0.5) is 4.39 Å². The molecular weight excluding hydrogens is 449 g/mol. The number of nitrogens with zero attached hydrogens (tertiary/aromatic N) is 1. The van der Waals surface area contributed by atoms with Crippen molar-refractivity contribution >= 4 is 22.7 Å². The number of rotatable bonds is 8. The van der Waals surface area contributed by atoms with Crippen LogP contribution in [0.5, 0.6) is 11.5 Å². The van der Waals surface area contributed by atoms with Crippen molar-refractivity contribution in [1.82, 2.24) is 4.90 Å². The molecule has 1 saturated heterocycles. The number of methoxy groups -OCH3 is 1. The number of hydrogen-bond acceptors (Lipinski definition) is 3. The predicted octanol–water partition coefficient (Wildman–Crippen LogP) is 7.33. The lowest BCUT2D eigenvalue weighted by atomic mass is 9.90. The maximum atomic E-state index is 14.0. The number of allylic oxidation sites excluding steroid dienone is 1.